The molecule has 0 heterocycles. The van der Waals surface area contributed by atoms with Crippen molar-refractivity contribution in [3.05, 3.63) is 62.1 Å². The zero-order valence-corrected chi connectivity index (χ0v) is 14.6. The van der Waals surface area contributed by atoms with Gasteiger partial charge in [0.15, 0.2) is 11.5 Å². The number of nitrogens with one attached hydrogen (secondary N) is 1. The number of hydrogen-bond donors (Lipinski definition) is 1. The van der Waals surface area contributed by atoms with E-state index in [2.05, 4.69) is 21.2 Å². The van der Waals surface area contributed by atoms with Crippen LogP contribution in [0.2, 0.25) is 0 Å². The number of rotatable bonds is 6. The molecule has 24 heavy (non-hydrogen) atoms. The van der Waals surface area contributed by atoms with Gasteiger partial charge in [-0.2, -0.15) is 0 Å². The Hall–Kier alpha value is -2.61. The van der Waals surface area contributed by atoms with Gasteiger partial charge in [0.05, 0.1) is 24.7 Å². The fraction of sp³-hybridized carbons (Fsp3) is 0.188. The lowest BCUT2D eigenvalue weighted by molar-refractivity contribution is -0.384. The molecule has 0 saturated heterocycles. The molecule has 0 unspecified atom stereocenters. The third kappa shape index (κ3) is 4.02. The summed E-state index contributed by atoms with van der Waals surface area (Å²) in [6, 6.07) is 9.32. The highest BCUT2D eigenvalue weighted by molar-refractivity contribution is 9.10. The molecular weight excluding hydrogens is 380 g/mol. The monoisotopic (exact) mass is 394 g/mol. The summed E-state index contributed by atoms with van der Waals surface area (Å²) in [6.45, 7) is 0.244. The summed E-state index contributed by atoms with van der Waals surface area (Å²) in [5.74, 6) is 0.732. The summed E-state index contributed by atoms with van der Waals surface area (Å²) in [5.41, 5.74) is 0.863. The molecule has 2 aromatic rings. The highest BCUT2D eigenvalue weighted by Crippen LogP contribution is 2.27. The Morgan fingerprint density at radius 2 is 1.88 bits per heavy atom. The van der Waals surface area contributed by atoms with E-state index in [1.165, 1.54) is 25.3 Å². The van der Waals surface area contributed by atoms with Gasteiger partial charge in [-0.3, -0.25) is 14.9 Å². The van der Waals surface area contributed by atoms with Crippen molar-refractivity contribution in [1.82, 2.24) is 5.32 Å². The molecule has 2 aromatic carbocycles. The summed E-state index contributed by atoms with van der Waals surface area (Å²) in [6.07, 6.45) is 0. The number of carbonyl (C=O) groups excluding carboxylic acids is 1. The fourth-order valence-corrected chi connectivity index (χ4v) is 2.50. The number of halogens is 1. The maximum Gasteiger partial charge on any atom is 0.270 e. The van der Waals surface area contributed by atoms with Crippen molar-refractivity contribution in [3.8, 4) is 11.5 Å². The van der Waals surface area contributed by atoms with Crippen LogP contribution in [0.15, 0.2) is 40.9 Å². The molecule has 0 aliphatic carbocycles. The van der Waals surface area contributed by atoms with Crippen molar-refractivity contribution in [1.29, 1.82) is 0 Å². The first-order valence-corrected chi connectivity index (χ1v) is 7.68. The minimum absolute atomic E-state index is 0.144. The van der Waals surface area contributed by atoms with E-state index in [-0.39, 0.29) is 17.8 Å². The van der Waals surface area contributed by atoms with Crippen molar-refractivity contribution in [2.75, 3.05) is 14.2 Å². The van der Waals surface area contributed by atoms with Crippen LogP contribution in [0.5, 0.6) is 11.5 Å². The average molecular weight is 395 g/mol. The first-order valence-electron chi connectivity index (χ1n) is 6.89. The van der Waals surface area contributed by atoms with E-state index in [0.717, 1.165) is 5.56 Å². The largest absolute Gasteiger partial charge is 0.493 e. The predicted octanol–water partition coefficient (Wildman–Crippen LogP) is 3.30. The number of nitro benzene ring substituents is 1. The smallest absolute Gasteiger partial charge is 0.270 e. The number of hydrogen-bond acceptors (Lipinski definition) is 5. The molecule has 126 valence electrons. The van der Waals surface area contributed by atoms with Gasteiger partial charge in [-0.1, -0.05) is 6.07 Å². The van der Waals surface area contributed by atoms with Crippen molar-refractivity contribution < 1.29 is 19.2 Å². The van der Waals surface area contributed by atoms with Crippen LogP contribution in [0.1, 0.15) is 15.9 Å². The molecule has 0 spiro atoms. The lowest BCUT2D eigenvalue weighted by Gasteiger charge is -2.11. The number of methoxy groups -OCH3 is 2. The molecule has 0 bridgehead atoms. The topological polar surface area (TPSA) is 90.7 Å². The van der Waals surface area contributed by atoms with Crippen LogP contribution in [0.25, 0.3) is 0 Å². The number of non-ortho nitro benzene ring substituents is 1. The zero-order chi connectivity index (χ0) is 17.7. The second-order valence-corrected chi connectivity index (χ2v) is 5.65. The Kier molecular flexibility index (Phi) is 5.75. The van der Waals surface area contributed by atoms with Crippen LogP contribution in [-0.4, -0.2) is 25.1 Å². The first kappa shape index (κ1) is 17.7. The van der Waals surface area contributed by atoms with Gasteiger partial charge in [0, 0.05) is 23.2 Å². The average Bonchev–Trinajstić information content (AvgIpc) is 2.59. The Bertz CT molecular complexity index is 779. The third-order valence-corrected chi connectivity index (χ3v) is 4.00. The summed E-state index contributed by atoms with van der Waals surface area (Å²) in [7, 11) is 3.07. The van der Waals surface area contributed by atoms with Gasteiger partial charge in [0.1, 0.15) is 0 Å². The van der Waals surface area contributed by atoms with Gasteiger partial charge in [-0.15, -0.1) is 0 Å². The van der Waals surface area contributed by atoms with E-state index in [9.17, 15) is 14.9 Å². The highest BCUT2D eigenvalue weighted by Gasteiger charge is 2.15. The molecule has 0 fully saturated rings. The molecule has 0 radical (unpaired) electrons. The number of carbonyl (C=O) groups is 1. The van der Waals surface area contributed by atoms with Crippen LogP contribution >= 0.6 is 15.9 Å². The molecule has 0 saturated carbocycles. The van der Waals surface area contributed by atoms with Crippen LogP contribution < -0.4 is 14.8 Å². The second-order valence-electron chi connectivity index (χ2n) is 4.79. The van der Waals surface area contributed by atoms with E-state index < -0.39 is 10.8 Å². The molecule has 0 aliphatic rings. The predicted molar refractivity (Wildman–Crippen MR) is 91.5 cm³/mol. The van der Waals surface area contributed by atoms with Crippen LogP contribution in [0.4, 0.5) is 5.69 Å². The van der Waals surface area contributed by atoms with Crippen LogP contribution in [0.3, 0.4) is 0 Å². The Labute approximate surface area is 146 Å². The molecule has 0 aromatic heterocycles. The standard InChI is InChI=1S/C16H15BrN2O5/c1-23-14-6-3-10(7-15(14)24-2)9-18-16(20)12-8-11(19(21)22)4-5-13(12)17/h3-8H,9H2,1-2H3,(H,18,20). The Morgan fingerprint density at radius 1 is 1.17 bits per heavy atom. The third-order valence-electron chi connectivity index (χ3n) is 3.31. The molecule has 1 amide bonds. The normalized spacial score (nSPS) is 10.1. The van der Waals surface area contributed by atoms with E-state index >= 15 is 0 Å². The molecule has 2 rings (SSSR count). The lowest BCUT2D eigenvalue weighted by atomic mass is 10.1. The van der Waals surface area contributed by atoms with Crippen molar-refractivity contribution in [2.45, 2.75) is 6.54 Å². The van der Waals surface area contributed by atoms with Gasteiger partial charge < -0.3 is 14.8 Å². The SMILES string of the molecule is COc1ccc(CNC(=O)c2cc([N+](=O)[O-])ccc2Br)cc1OC. The Balaban J connectivity index is 2.13. The van der Waals surface area contributed by atoms with Gasteiger partial charge in [-0.05, 0) is 39.7 Å². The highest BCUT2D eigenvalue weighted by atomic mass is 79.9. The Morgan fingerprint density at radius 3 is 2.50 bits per heavy atom. The molecule has 0 aliphatic heterocycles. The second kappa shape index (κ2) is 7.78. The maximum atomic E-state index is 12.3. The van der Waals surface area contributed by atoms with Crippen molar-refractivity contribution in [3.63, 3.8) is 0 Å². The fourth-order valence-electron chi connectivity index (χ4n) is 2.07. The van der Waals surface area contributed by atoms with Crippen molar-refractivity contribution >= 4 is 27.5 Å². The molecule has 0 atom stereocenters. The van der Waals surface area contributed by atoms with E-state index in [1.54, 1.807) is 25.3 Å². The van der Waals surface area contributed by atoms with E-state index in [4.69, 9.17) is 9.47 Å². The lowest BCUT2D eigenvalue weighted by Crippen LogP contribution is -2.23. The van der Waals surface area contributed by atoms with E-state index in [0.29, 0.717) is 16.0 Å². The van der Waals surface area contributed by atoms with Gasteiger partial charge in [0.2, 0.25) is 0 Å². The number of ether oxygens (including phenoxy) is 2. The summed E-state index contributed by atoms with van der Waals surface area (Å²) >= 11 is 3.23. The summed E-state index contributed by atoms with van der Waals surface area (Å²) in [4.78, 5) is 22.6. The molecule has 7 nitrogen and oxygen atoms in total. The molecular formula is C16H15BrN2O5. The minimum Gasteiger partial charge on any atom is -0.493 e. The van der Waals surface area contributed by atoms with Crippen LogP contribution in [0, 0.1) is 10.1 Å². The van der Waals surface area contributed by atoms with E-state index in [1.807, 2.05) is 0 Å². The maximum absolute atomic E-state index is 12.3. The minimum atomic E-state index is -0.544. The summed E-state index contributed by atoms with van der Waals surface area (Å²) < 4.78 is 10.8. The van der Waals surface area contributed by atoms with Gasteiger partial charge >= 0.3 is 0 Å². The molecule has 1 N–H and O–H groups in total. The number of benzene rings is 2. The van der Waals surface area contributed by atoms with Crippen molar-refractivity contribution in [2.24, 2.45) is 0 Å². The van der Waals surface area contributed by atoms with Gasteiger partial charge in [0.25, 0.3) is 11.6 Å². The van der Waals surface area contributed by atoms with Crippen LogP contribution in [-0.2, 0) is 6.54 Å². The number of nitro groups is 1. The molecule has 8 heteroatoms. The number of amides is 1. The zero-order valence-electron chi connectivity index (χ0n) is 13.0. The number of nitrogens with zero attached hydrogens (tertiary/aromatic N) is 1. The quantitative estimate of drug-likeness (QED) is 0.599. The summed E-state index contributed by atoms with van der Waals surface area (Å²) in [5, 5.41) is 13.6. The van der Waals surface area contributed by atoms with Gasteiger partial charge in [-0.25, -0.2) is 0 Å². The first-order chi connectivity index (χ1) is 11.5.